The molecular weight excluding hydrogens is 276 g/mol. The molecule has 6 heteroatoms. The number of anilines is 1. The number of benzene rings is 1. The summed E-state index contributed by atoms with van der Waals surface area (Å²) in [6.45, 7) is 1.21. The molecule has 0 saturated carbocycles. The Balaban J connectivity index is 2.20. The van der Waals surface area contributed by atoms with E-state index in [9.17, 15) is 8.42 Å². The van der Waals surface area contributed by atoms with E-state index in [0.29, 0.717) is 37.3 Å². The van der Waals surface area contributed by atoms with Crippen LogP contribution < -0.4 is 10.5 Å². The zero-order valence-electron chi connectivity index (χ0n) is 11.1. The number of ether oxygens (including phenoxy) is 1. The summed E-state index contributed by atoms with van der Waals surface area (Å²) in [5.41, 5.74) is 6.48. The van der Waals surface area contributed by atoms with Gasteiger partial charge in [-0.2, -0.15) is 0 Å². The summed E-state index contributed by atoms with van der Waals surface area (Å²) >= 11 is 0. The zero-order valence-corrected chi connectivity index (χ0v) is 11.9. The van der Waals surface area contributed by atoms with Gasteiger partial charge in [0.05, 0.1) is 17.5 Å². The summed E-state index contributed by atoms with van der Waals surface area (Å²) in [5.74, 6) is 5.61. The molecule has 1 aliphatic rings. The molecule has 0 atom stereocenters. The second kappa shape index (κ2) is 6.75. The van der Waals surface area contributed by atoms with Gasteiger partial charge in [-0.1, -0.05) is 24.0 Å². The standard InChI is InChI=1S/C14H18N2O3S/c15-9-3-5-12-4-1-2-6-14(12)16-20(17,18)13-7-10-19-11-8-13/h1-2,4,6,13,16H,7-11,15H2. The van der Waals surface area contributed by atoms with Crippen LogP contribution in [0.1, 0.15) is 18.4 Å². The largest absolute Gasteiger partial charge is 0.381 e. The molecule has 0 aliphatic carbocycles. The van der Waals surface area contributed by atoms with Crippen LogP contribution >= 0.6 is 0 Å². The highest BCUT2D eigenvalue weighted by Gasteiger charge is 2.28. The number of sulfonamides is 1. The van der Waals surface area contributed by atoms with Gasteiger partial charge in [-0.05, 0) is 25.0 Å². The minimum Gasteiger partial charge on any atom is -0.381 e. The van der Waals surface area contributed by atoms with Crippen molar-refractivity contribution < 1.29 is 13.2 Å². The van der Waals surface area contributed by atoms with E-state index in [1.807, 2.05) is 6.07 Å². The van der Waals surface area contributed by atoms with Crippen LogP contribution in [0.15, 0.2) is 24.3 Å². The van der Waals surface area contributed by atoms with Crippen LogP contribution in [0.4, 0.5) is 5.69 Å². The fourth-order valence-electron chi connectivity index (χ4n) is 2.05. The molecule has 0 amide bonds. The smallest absolute Gasteiger partial charge is 0.235 e. The number of rotatable bonds is 3. The van der Waals surface area contributed by atoms with Crippen molar-refractivity contribution in [2.45, 2.75) is 18.1 Å². The Labute approximate surface area is 119 Å². The van der Waals surface area contributed by atoms with E-state index in [2.05, 4.69) is 16.6 Å². The van der Waals surface area contributed by atoms with Crippen LogP contribution in [-0.4, -0.2) is 33.4 Å². The Morgan fingerprint density at radius 1 is 1.30 bits per heavy atom. The van der Waals surface area contributed by atoms with Crippen LogP contribution in [0.3, 0.4) is 0 Å². The molecule has 3 N–H and O–H groups in total. The number of hydrogen-bond donors (Lipinski definition) is 2. The monoisotopic (exact) mass is 294 g/mol. The lowest BCUT2D eigenvalue weighted by atomic mass is 10.2. The quantitative estimate of drug-likeness (QED) is 0.812. The Hall–Kier alpha value is -1.55. The molecule has 1 fully saturated rings. The summed E-state index contributed by atoms with van der Waals surface area (Å²) in [6, 6.07) is 7.06. The van der Waals surface area contributed by atoms with Gasteiger partial charge < -0.3 is 10.5 Å². The SMILES string of the molecule is NCC#Cc1ccccc1NS(=O)(=O)C1CCOCC1. The topological polar surface area (TPSA) is 81.4 Å². The molecule has 1 aromatic carbocycles. The van der Waals surface area contributed by atoms with E-state index in [0.717, 1.165) is 0 Å². The van der Waals surface area contributed by atoms with Gasteiger partial charge in [-0.3, -0.25) is 4.72 Å². The van der Waals surface area contributed by atoms with Crippen molar-refractivity contribution in [3.8, 4) is 11.8 Å². The van der Waals surface area contributed by atoms with E-state index in [4.69, 9.17) is 10.5 Å². The predicted octanol–water partition coefficient (Wildman–Crippen LogP) is 0.917. The fraction of sp³-hybridized carbons (Fsp3) is 0.429. The van der Waals surface area contributed by atoms with Gasteiger partial charge in [-0.25, -0.2) is 8.42 Å². The van der Waals surface area contributed by atoms with Gasteiger partial charge in [-0.15, -0.1) is 0 Å². The third kappa shape index (κ3) is 3.73. The summed E-state index contributed by atoms with van der Waals surface area (Å²) < 4.78 is 32.5. The van der Waals surface area contributed by atoms with E-state index >= 15 is 0 Å². The van der Waals surface area contributed by atoms with Gasteiger partial charge in [0.1, 0.15) is 0 Å². The van der Waals surface area contributed by atoms with Crippen molar-refractivity contribution in [2.75, 3.05) is 24.5 Å². The molecule has 0 unspecified atom stereocenters. The molecule has 20 heavy (non-hydrogen) atoms. The molecule has 1 aliphatic heterocycles. The molecule has 0 radical (unpaired) electrons. The van der Waals surface area contributed by atoms with Crippen molar-refractivity contribution in [3.63, 3.8) is 0 Å². The number of nitrogens with one attached hydrogen (secondary N) is 1. The molecule has 0 bridgehead atoms. The van der Waals surface area contributed by atoms with Gasteiger partial charge in [0.25, 0.3) is 0 Å². The molecular formula is C14H18N2O3S. The van der Waals surface area contributed by atoms with Crippen LogP contribution in [0.25, 0.3) is 0 Å². The minimum atomic E-state index is -3.41. The van der Waals surface area contributed by atoms with Crippen molar-refractivity contribution in [3.05, 3.63) is 29.8 Å². The maximum atomic E-state index is 12.3. The van der Waals surface area contributed by atoms with E-state index in [1.165, 1.54) is 0 Å². The molecule has 1 aromatic rings. The number of nitrogens with two attached hydrogens (primary N) is 1. The second-order valence-electron chi connectivity index (χ2n) is 4.51. The first kappa shape index (κ1) is 14.9. The lowest BCUT2D eigenvalue weighted by molar-refractivity contribution is 0.0984. The van der Waals surface area contributed by atoms with Gasteiger partial charge >= 0.3 is 0 Å². The highest BCUT2D eigenvalue weighted by molar-refractivity contribution is 7.93. The summed E-state index contributed by atoms with van der Waals surface area (Å²) in [7, 11) is -3.41. The normalized spacial score (nSPS) is 16.2. The number of hydrogen-bond acceptors (Lipinski definition) is 4. The van der Waals surface area contributed by atoms with Crippen LogP contribution in [0.2, 0.25) is 0 Å². The minimum absolute atomic E-state index is 0.237. The maximum absolute atomic E-state index is 12.3. The molecule has 0 spiro atoms. The summed E-state index contributed by atoms with van der Waals surface area (Å²) in [4.78, 5) is 0. The lowest BCUT2D eigenvalue weighted by Crippen LogP contribution is -2.33. The maximum Gasteiger partial charge on any atom is 0.235 e. The molecule has 1 saturated heterocycles. The Kier molecular flexibility index (Phi) is 5.01. The highest BCUT2D eigenvalue weighted by atomic mass is 32.2. The summed E-state index contributed by atoms with van der Waals surface area (Å²) in [5, 5.41) is -0.410. The Bertz CT molecular complexity index is 611. The van der Waals surface area contributed by atoms with Crippen LogP contribution in [-0.2, 0) is 14.8 Å². The Morgan fingerprint density at radius 2 is 2.00 bits per heavy atom. The number of para-hydroxylation sites is 1. The van der Waals surface area contributed by atoms with Gasteiger partial charge in [0.2, 0.25) is 10.0 Å². The van der Waals surface area contributed by atoms with Crippen molar-refractivity contribution >= 4 is 15.7 Å². The lowest BCUT2D eigenvalue weighted by Gasteiger charge is -2.23. The zero-order chi connectivity index (χ0) is 14.4. The fourth-order valence-corrected chi connectivity index (χ4v) is 3.51. The van der Waals surface area contributed by atoms with Crippen molar-refractivity contribution in [2.24, 2.45) is 5.73 Å². The summed E-state index contributed by atoms with van der Waals surface area (Å²) in [6.07, 6.45) is 1.04. The molecule has 0 aromatic heterocycles. The average Bonchev–Trinajstić information content (AvgIpc) is 2.47. The Morgan fingerprint density at radius 3 is 2.70 bits per heavy atom. The van der Waals surface area contributed by atoms with E-state index < -0.39 is 15.3 Å². The highest BCUT2D eigenvalue weighted by Crippen LogP contribution is 2.21. The van der Waals surface area contributed by atoms with Crippen LogP contribution in [0, 0.1) is 11.8 Å². The van der Waals surface area contributed by atoms with E-state index in [-0.39, 0.29) is 6.54 Å². The second-order valence-corrected chi connectivity index (χ2v) is 6.47. The van der Waals surface area contributed by atoms with Gasteiger partial charge in [0, 0.05) is 18.8 Å². The van der Waals surface area contributed by atoms with Gasteiger partial charge in [0.15, 0.2) is 0 Å². The molecule has 1 heterocycles. The first-order valence-corrected chi connectivity index (χ1v) is 8.05. The average molecular weight is 294 g/mol. The molecule has 2 rings (SSSR count). The molecule has 5 nitrogen and oxygen atoms in total. The van der Waals surface area contributed by atoms with Crippen molar-refractivity contribution in [1.82, 2.24) is 0 Å². The first-order valence-electron chi connectivity index (χ1n) is 6.51. The predicted molar refractivity (Wildman–Crippen MR) is 78.8 cm³/mol. The third-order valence-electron chi connectivity index (χ3n) is 3.11. The van der Waals surface area contributed by atoms with E-state index in [1.54, 1.807) is 18.2 Å². The van der Waals surface area contributed by atoms with Crippen LogP contribution in [0.5, 0.6) is 0 Å². The van der Waals surface area contributed by atoms with Crippen molar-refractivity contribution in [1.29, 1.82) is 0 Å². The first-order chi connectivity index (χ1) is 9.63. The third-order valence-corrected chi connectivity index (χ3v) is 4.97. The molecule has 108 valence electrons.